The second kappa shape index (κ2) is 6.89. The molecular formula is C12H17NO. The molecule has 14 heavy (non-hydrogen) atoms. The maximum absolute atomic E-state index is 11.6. The first-order chi connectivity index (χ1) is 6.69. The van der Waals surface area contributed by atoms with Crippen molar-refractivity contribution in [3.63, 3.8) is 0 Å². The highest BCUT2D eigenvalue weighted by Gasteiger charge is 2.04. The van der Waals surface area contributed by atoms with Crippen LogP contribution in [0.2, 0.25) is 0 Å². The molecule has 0 aromatic rings. The van der Waals surface area contributed by atoms with Crippen molar-refractivity contribution in [2.75, 3.05) is 0 Å². The summed E-state index contributed by atoms with van der Waals surface area (Å²) in [4.78, 5) is 11.6. The van der Waals surface area contributed by atoms with Gasteiger partial charge >= 0.3 is 0 Å². The summed E-state index contributed by atoms with van der Waals surface area (Å²) in [5.41, 5.74) is 1.37. The van der Waals surface area contributed by atoms with Gasteiger partial charge in [-0.05, 0) is 26.8 Å². The fraction of sp³-hybridized carbons (Fsp3) is 0.250. The number of carbonyl (C=O) groups excluding carboxylic acids is 1. The third kappa shape index (κ3) is 3.90. The smallest absolute Gasteiger partial charge is 0.255 e. The van der Waals surface area contributed by atoms with Crippen molar-refractivity contribution in [1.82, 2.24) is 5.32 Å². The summed E-state index contributed by atoms with van der Waals surface area (Å²) in [6, 6.07) is 0. The fourth-order valence-electron chi connectivity index (χ4n) is 0.927. The number of hydrogen-bond acceptors (Lipinski definition) is 1. The highest BCUT2D eigenvalue weighted by atomic mass is 16.1. The van der Waals surface area contributed by atoms with Gasteiger partial charge in [0.1, 0.15) is 0 Å². The normalized spacial score (nSPS) is 13.1. The zero-order valence-corrected chi connectivity index (χ0v) is 9.00. The minimum Gasteiger partial charge on any atom is -0.322 e. The van der Waals surface area contributed by atoms with Crippen LogP contribution in [0.1, 0.15) is 20.8 Å². The number of amides is 1. The molecule has 76 valence electrons. The van der Waals surface area contributed by atoms with E-state index in [9.17, 15) is 4.79 Å². The molecule has 0 fully saturated rings. The third-order valence-electron chi connectivity index (χ3n) is 1.71. The molecule has 0 radical (unpaired) electrons. The average Bonchev–Trinajstić information content (AvgIpc) is 2.22. The molecule has 0 aliphatic rings. The van der Waals surface area contributed by atoms with Gasteiger partial charge in [0, 0.05) is 11.3 Å². The first kappa shape index (κ1) is 12.4. The molecule has 0 heterocycles. The van der Waals surface area contributed by atoms with Crippen LogP contribution in [0.15, 0.2) is 48.2 Å². The molecule has 0 saturated heterocycles. The van der Waals surface area contributed by atoms with E-state index in [0.717, 1.165) is 5.70 Å². The standard InChI is InChI=1S/C12H17NO/c1-5-9-10(6-2)12(14)13-11(7-3)8-4/h5-9H,3H2,1-2,4H3,(H,13,14)/b9-5-,10-6+,11-8+. The number of nitrogens with one attached hydrogen (secondary N) is 1. The minimum atomic E-state index is -0.112. The van der Waals surface area contributed by atoms with Crippen LogP contribution < -0.4 is 5.32 Å². The molecule has 0 rings (SSSR count). The molecule has 0 atom stereocenters. The molecular weight excluding hydrogens is 174 g/mol. The Morgan fingerprint density at radius 3 is 2.21 bits per heavy atom. The molecule has 0 saturated carbocycles. The maximum Gasteiger partial charge on any atom is 0.255 e. The molecule has 0 unspecified atom stereocenters. The van der Waals surface area contributed by atoms with Crippen molar-refractivity contribution in [2.45, 2.75) is 20.8 Å². The van der Waals surface area contributed by atoms with E-state index >= 15 is 0 Å². The Balaban J connectivity index is 4.55. The SMILES string of the molecule is C=C/C(=C\C)NC(=O)C(/C=C\C)=C/C. The molecule has 0 aliphatic carbocycles. The maximum atomic E-state index is 11.6. The summed E-state index contributed by atoms with van der Waals surface area (Å²) in [6.07, 6.45) is 8.78. The second-order valence-electron chi connectivity index (χ2n) is 2.65. The Kier molecular flexibility index (Phi) is 6.12. The molecule has 1 N–H and O–H groups in total. The highest BCUT2D eigenvalue weighted by Crippen LogP contribution is 1.99. The van der Waals surface area contributed by atoms with Crippen LogP contribution in [0.4, 0.5) is 0 Å². The van der Waals surface area contributed by atoms with E-state index in [1.54, 1.807) is 24.3 Å². The first-order valence-corrected chi connectivity index (χ1v) is 4.58. The van der Waals surface area contributed by atoms with Crippen LogP contribution in [0, 0.1) is 0 Å². The summed E-state index contributed by atoms with van der Waals surface area (Å²) in [7, 11) is 0. The first-order valence-electron chi connectivity index (χ1n) is 4.58. The molecule has 2 heteroatoms. The fourth-order valence-corrected chi connectivity index (χ4v) is 0.927. The van der Waals surface area contributed by atoms with E-state index < -0.39 is 0 Å². The van der Waals surface area contributed by atoms with Crippen molar-refractivity contribution in [3.8, 4) is 0 Å². The monoisotopic (exact) mass is 191 g/mol. The summed E-state index contributed by atoms with van der Waals surface area (Å²) in [6.45, 7) is 9.15. The second-order valence-corrected chi connectivity index (χ2v) is 2.65. The van der Waals surface area contributed by atoms with Crippen molar-refractivity contribution in [1.29, 1.82) is 0 Å². The summed E-state index contributed by atoms with van der Waals surface area (Å²) >= 11 is 0. The van der Waals surface area contributed by atoms with Gasteiger partial charge in [-0.2, -0.15) is 0 Å². The van der Waals surface area contributed by atoms with E-state index in [1.807, 2.05) is 26.8 Å². The Bertz CT molecular complexity index is 295. The van der Waals surface area contributed by atoms with Gasteiger partial charge in [-0.15, -0.1) is 0 Å². The van der Waals surface area contributed by atoms with Crippen LogP contribution in [-0.2, 0) is 4.79 Å². The quantitative estimate of drug-likeness (QED) is 0.537. The van der Waals surface area contributed by atoms with Gasteiger partial charge in [0.05, 0.1) is 0 Å². The number of allylic oxidation sites excluding steroid dienone is 4. The van der Waals surface area contributed by atoms with Gasteiger partial charge in [-0.1, -0.05) is 30.9 Å². The lowest BCUT2D eigenvalue weighted by molar-refractivity contribution is -0.116. The molecule has 0 aromatic heterocycles. The molecule has 2 nitrogen and oxygen atoms in total. The predicted molar refractivity (Wildman–Crippen MR) is 60.7 cm³/mol. The Labute approximate surface area is 85.7 Å². The van der Waals surface area contributed by atoms with Crippen LogP contribution in [0.25, 0.3) is 0 Å². The number of rotatable bonds is 4. The Morgan fingerprint density at radius 2 is 1.86 bits per heavy atom. The average molecular weight is 191 g/mol. The third-order valence-corrected chi connectivity index (χ3v) is 1.71. The Hall–Kier alpha value is -1.57. The van der Waals surface area contributed by atoms with E-state index in [2.05, 4.69) is 11.9 Å². The largest absolute Gasteiger partial charge is 0.322 e. The number of carbonyl (C=O) groups is 1. The topological polar surface area (TPSA) is 29.1 Å². The van der Waals surface area contributed by atoms with E-state index in [1.165, 1.54) is 0 Å². The lowest BCUT2D eigenvalue weighted by atomic mass is 10.2. The Morgan fingerprint density at radius 1 is 1.21 bits per heavy atom. The molecule has 0 bridgehead atoms. The van der Waals surface area contributed by atoms with E-state index in [4.69, 9.17) is 0 Å². The summed E-state index contributed by atoms with van der Waals surface area (Å²) < 4.78 is 0. The van der Waals surface area contributed by atoms with Gasteiger partial charge < -0.3 is 5.32 Å². The molecule has 0 aliphatic heterocycles. The van der Waals surface area contributed by atoms with Gasteiger partial charge in [0.2, 0.25) is 0 Å². The van der Waals surface area contributed by atoms with Crippen LogP contribution in [0.3, 0.4) is 0 Å². The zero-order valence-electron chi connectivity index (χ0n) is 9.00. The lowest BCUT2D eigenvalue weighted by Crippen LogP contribution is -2.22. The zero-order chi connectivity index (χ0) is 11.0. The van der Waals surface area contributed by atoms with Crippen molar-refractivity contribution >= 4 is 5.91 Å². The predicted octanol–water partition coefficient (Wildman–Crippen LogP) is 2.71. The summed E-state index contributed by atoms with van der Waals surface area (Å²) in [5, 5.41) is 2.74. The van der Waals surface area contributed by atoms with Gasteiger partial charge in [-0.3, -0.25) is 4.79 Å². The van der Waals surface area contributed by atoms with Crippen LogP contribution in [0.5, 0.6) is 0 Å². The van der Waals surface area contributed by atoms with Gasteiger partial charge in [0.25, 0.3) is 5.91 Å². The van der Waals surface area contributed by atoms with Crippen LogP contribution >= 0.6 is 0 Å². The van der Waals surface area contributed by atoms with E-state index in [0.29, 0.717) is 5.57 Å². The molecule has 1 amide bonds. The number of hydrogen-bond donors (Lipinski definition) is 1. The minimum absolute atomic E-state index is 0.112. The van der Waals surface area contributed by atoms with E-state index in [-0.39, 0.29) is 5.91 Å². The summed E-state index contributed by atoms with van der Waals surface area (Å²) in [5.74, 6) is -0.112. The van der Waals surface area contributed by atoms with Crippen molar-refractivity contribution in [2.24, 2.45) is 0 Å². The molecule has 0 aromatic carbocycles. The highest BCUT2D eigenvalue weighted by molar-refractivity contribution is 5.97. The molecule has 0 spiro atoms. The van der Waals surface area contributed by atoms with Crippen molar-refractivity contribution < 1.29 is 4.79 Å². The van der Waals surface area contributed by atoms with Crippen LogP contribution in [-0.4, -0.2) is 5.91 Å². The van der Waals surface area contributed by atoms with Gasteiger partial charge in [0.15, 0.2) is 0 Å². The lowest BCUT2D eigenvalue weighted by Gasteiger charge is -2.05. The van der Waals surface area contributed by atoms with Crippen molar-refractivity contribution in [3.05, 3.63) is 48.2 Å². The van der Waals surface area contributed by atoms with Gasteiger partial charge in [-0.25, -0.2) is 0 Å².